The average Bonchev–Trinajstić information content (AvgIpc) is 3.55. The Morgan fingerprint density at radius 1 is 0.642 bits per heavy atom. The van der Waals surface area contributed by atoms with E-state index in [4.69, 9.17) is 23.1 Å². The van der Waals surface area contributed by atoms with Crippen LogP contribution in [0.5, 0.6) is 0 Å². The molecule has 1 aliphatic heterocycles. The van der Waals surface area contributed by atoms with Crippen LogP contribution in [0.15, 0.2) is 90.1 Å². The molecule has 0 aliphatic carbocycles. The predicted molar refractivity (Wildman–Crippen MR) is 203 cm³/mol. The van der Waals surface area contributed by atoms with Gasteiger partial charge in [-0.3, -0.25) is 29.0 Å². The fourth-order valence-electron chi connectivity index (χ4n) is 6.12. The zero-order valence-corrected chi connectivity index (χ0v) is 30.0. The second kappa shape index (κ2) is 18.0. The fraction of sp³-hybridized carbons (Fsp3) is 0.316. The van der Waals surface area contributed by atoms with Gasteiger partial charge in [-0.25, -0.2) is 0 Å². The van der Waals surface area contributed by atoms with Gasteiger partial charge in [0.05, 0.1) is 0 Å². The quantitative estimate of drug-likeness (QED) is 0.0676. The van der Waals surface area contributed by atoms with Crippen LogP contribution in [0.25, 0.3) is 10.9 Å². The Hall–Kier alpha value is -5.89. The van der Waals surface area contributed by atoms with E-state index < -0.39 is 59.7 Å². The van der Waals surface area contributed by atoms with E-state index in [2.05, 4.69) is 36.6 Å². The van der Waals surface area contributed by atoms with Crippen molar-refractivity contribution in [2.24, 2.45) is 16.5 Å². The van der Waals surface area contributed by atoms with E-state index in [9.17, 15) is 24.0 Å². The Kier molecular flexibility index (Phi) is 13.1. The second-order valence-electron chi connectivity index (χ2n) is 13.0. The van der Waals surface area contributed by atoms with Crippen LogP contribution in [0.2, 0.25) is 5.02 Å². The minimum Gasteiger partial charge on any atom is -0.370 e. The molecule has 1 aliphatic rings. The summed E-state index contributed by atoms with van der Waals surface area (Å²) in [6, 6.07) is 17.7. The lowest BCUT2D eigenvalue weighted by atomic mass is 10.0. The number of carbonyl (C=O) groups excluding carboxylic acids is 5. The first-order valence-corrected chi connectivity index (χ1v) is 17.7. The van der Waals surface area contributed by atoms with Crippen LogP contribution in [0.3, 0.4) is 0 Å². The first-order chi connectivity index (χ1) is 25.5. The number of rotatable bonds is 10. The molecule has 1 aromatic heterocycles. The van der Waals surface area contributed by atoms with Gasteiger partial charge >= 0.3 is 0 Å². The van der Waals surface area contributed by atoms with Crippen molar-refractivity contribution < 1.29 is 24.0 Å². The van der Waals surface area contributed by atoms with Gasteiger partial charge < -0.3 is 43.0 Å². The molecule has 0 spiro atoms. The van der Waals surface area contributed by atoms with Crippen LogP contribution >= 0.6 is 11.6 Å². The molecule has 0 radical (unpaired) electrons. The minimum absolute atomic E-state index is 0.0396. The van der Waals surface area contributed by atoms with Gasteiger partial charge in [0.2, 0.25) is 29.5 Å². The fourth-order valence-corrected chi connectivity index (χ4v) is 6.25. The number of nitrogens with one attached hydrogen (secondary N) is 6. The summed E-state index contributed by atoms with van der Waals surface area (Å²) in [4.78, 5) is 76.9. The van der Waals surface area contributed by atoms with E-state index in [1.807, 2.05) is 54.6 Å². The van der Waals surface area contributed by atoms with Crippen LogP contribution in [0.4, 0.5) is 0 Å². The van der Waals surface area contributed by atoms with Gasteiger partial charge in [0, 0.05) is 47.9 Å². The van der Waals surface area contributed by atoms with Crippen LogP contribution in [0, 0.1) is 0 Å². The molecule has 5 amide bonds. The van der Waals surface area contributed by atoms with Crippen LogP contribution < -0.4 is 38.1 Å². The third-order valence-electron chi connectivity index (χ3n) is 8.96. The maximum absolute atomic E-state index is 14.2. The number of amides is 5. The molecule has 1 saturated heterocycles. The molecule has 3 aromatic carbocycles. The maximum Gasteiger partial charge on any atom is 0.243 e. The average molecular weight is 742 g/mol. The van der Waals surface area contributed by atoms with Gasteiger partial charge in [-0.15, -0.1) is 0 Å². The number of benzene rings is 3. The summed E-state index contributed by atoms with van der Waals surface area (Å²) in [6.45, 7) is 1.68. The number of guanidine groups is 1. The number of aromatic nitrogens is 1. The number of nitrogens with two attached hydrogens (primary N) is 2. The van der Waals surface area contributed by atoms with Gasteiger partial charge in [0.25, 0.3) is 0 Å². The molecule has 0 bridgehead atoms. The zero-order chi connectivity index (χ0) is 37.9. The molecular weight excluding hydrogens is 698 g/mol. The number of hydrogen-bond acceptors (Lipinski definition) is 6. The highest BCUT2D eigenvalue weighted by Crippen LogP contribution is 2.20. The van der Waals surface area contributed by atoms with E-state index in [1.54, 1.807) is 30.5 Å². The number of halogens is 1. The molecule has 53 heavy (non-hydrogen) atoms. The van der Waals surface area contributed by atoms with Crippen molar-refractivity contribution >= 4 is 58.0 Å². The molecule has 278 valence electrons. The SMILES string of the molecule is C[C@H]1NC(=O)[C@H](Cc2ccccc2)NC(=O)[C@@H](CCCN=C(N)N)NC(=O)[C@H](Cc2ccc(Cl)cc2)NC(=O)[C@H](Cc2c[nH]c3ccccc23)NC1=O. The number of nitrogens with zero attached hydrogens (tertiary/aromatic N) is 1. The largest absolute Gasteiger partial charge is 0.370 e. The number of aliphatic imine (C=N–C) groups is 1. The lowest BCUT2D eigenvalue weighted by molar-refractivity contribution is -0.134. The van der Waals surface area contributed by atoms with Crippen molar-refractivity contribution in [3.05, 3.63) is 107 Å². The van der Waals surface area contributed by atoms with E-state index in [1.165, 1.54) is 6.92 Å². The van der Waals surface area contributed by atoms with Crippen molar-refractivity contribution in [1.29, 1.82) is 0 Å². The summed E-state index contributed by atoms with van der Waals surface area (Å²) in [5.41, 5.74) is 14.0. The lowest BCUT2D eigenvalue weighted by Crippen LogP contribution is -2.58. The number of para-hydroxylation sites is 1. The van der Waals surface area contributed by atoms with Gasteiger partial charge in [-0.2, -0.15) is 0 Å². The van der Waals surface area contributed by atoms with Gasteiger partial charge in [0.15, 0.2) is 5.96 Å². The van der Waals surface area contributed by atoms with Crippen LogP contribution in [-0.4, -0.2) is 77.2 Å². The molecule has 5 atom stereocenters. The monoisotopic (exact) mass is 741 g/mol. The zero-order valence-electron chi connectivity index (χ0n) is 29.2. The summed E-state index contributed by atoms with van der Waals surface area (Å²) in [6.07, 6.45) is 2.39. The van der Waals surface area contributed by atoms with Crippen molar-refractivity contribution in [2.45, 2.75) is 69.2 Å². The second-order valence-corrected chi connectivity index (χ2v) is 13.4. The van der Waals surface area contributed by atoms with Gasteiger partial charge in [0.1, 0.15) is 30.2 Å². The topological polar surface area (TPSA) is 226 Å². The number of aromatic amines is 1. The van der Waals surface area contributed by atoms with E-state index >= 15 is 0 Å². The summed E-state index contributed by atoms with van der Waals surface area (Å²) >= 11 is 6.12. The summed E-state index contributed by atoms with van der Waals surface area (Å²) in [5.74, 6) is -3.30. The summed E-state index contributed by atoms with van der Waals surface area (Å²) < 4.78 is 0. The molecule has 0 saturated carbocycles. The highest BCUT2D eigenvalue weighted by Gasteiger charge is 2.34. The van der Waals surface area contributed by atoms with E-state index in [0.29, 0.717) is 17.0 Å². The lowest BCUT2D eigenvalue weighted by Gasteiger charge is -2.26. The normalized spacial score (nSPS) is 21.6. The van der Waals surface area contributed by atoms with Crippen molar-refractivity contribution in [3.63, 3.8) is 0 Å². The Balaban J connectivity index is 1.52. The van der Waals surface area contributed by atoms with E-state index in [-0.39, 0.29) is 38.2 Å². The van der Waals surface area contributed by atoms with Crippen molar-refractivity contribution in [2.75, 3.05) is 6.54 Å². The van der Waals surface area contributed by atoms with Crippen LogP contribution in [-0.2, 0) is 43.2 Å². The van der Waals surface area contributed by atoms with Crippen LogP contribution in [0.1, 0.15) is 36.5 Å². The molecule has 10 N–H and O–H groups in total. The molecule has 15 heteroatoms. The van der Waals surface area contributed by atoms with Crippen molar-refractivity contribution in [3.8, 4) is 0 Å². The summed E-state index contributed by atoms with van der Waals surface area (Å²) in [7, 11) is 0. The first-order valence-electron chi connectivity index (χ1n) is 17.4. The third-order valence-corrected chi connectivity index (χ3v) is 9.22. The number of hydrogen-bond donors (Lipinski definition) is 8. The Labute approximate surface area is 311 Å². The Morgan fingerprint density at radius 3 is 1.83 bits per heavy atom. The Bertz CT molecular complexity index is 1950. The smallest absolute Gasteiger partial charge is 0.243 e. The van der Waals surface area contributed by atoms with Gasteiger partial charge in [-0.1, -0.05) is 72.3 Å². The van der Waals surface area contributed by atoms with Crippen molar-refractivity contribution in [1.82, 2.24) is 31.6 Å². The molecule has 4 aromatic rings. The molecular formula is C38H44ClN9O5. The number of carbonyl (C=O) groups is 5. The maximum atomic E-state index is 14.2. The predicted octanol–water partition coefficient (Wildman–Crippen LogP) is 1.36. The molecule has 5 rings (SSSR count). The minimum atomic E-state index is -1.18. The Morgan fingerprint density at radius 2 is 1.17 bits per heavy atom. The number of H-pyrrole nitrogens is 1. The standard InChI is InChI=1S/C38H44ClN9O5/c1-22-33(49)46-32(20-25-21-43-28-11-6-5-10-27(25)28)37(53)48-31(19-24-13-15-26(39)16-14-24)36(52)45-29(12-7-17-42-38(40)41)34(50)47-30(35(51)44-22)18-23-8-3-2-4-9-23/h2-6,8-11,13-16,21-22,29-32,43H,7,12,17-20H2,1H3,(H,44,51)(H,45,52)(H,46,49)(H,47,50)(H,48,53)(H4,40,41,42)/t22-,29-,30+,31+,32+/m1/s1. The molecule has 1 fully saturated rings. The molecule has 0 unspecified atom stereocenters. The highest BCUT2D eigenvalue weighted by atomic mass is 35.5. The van der Waals surface area contributed by atoms with Gasteiger partial charge in [-0.05, 0) is 54.7 Å². The van der Waals surface area contributed by atoms with E-state index in [0.717, 1.165) is 22.0 Å². The highest BCUT2D eigenvalue weighted by molar-refractivity contribution is 6.30. The first kappa shape index (κ1) is 38.3. The third kappa shape index (κ3) is 10.8. The summed E-state index contributed by atoms with van der Waals surface area (Å²) in [5, 5.41) is 15.3. The number of fused-ring (bicyclic) bond motifs is 1. The molecule has 2 heterocycles. The molecule has 14 nitrogen and oxygen atoms in total.